The molecule has 0 unspecified atom stereocenters. The number of benzene rings is 10. The molecule has 2 heterocycles. The van der Waals surface area contributed by atoms with Crippen LogP contribution in [0.25, 0.3) is 71.5 Å². The number of nitriles is 2. The summed E-state index contributed by atoms with van der Waals surface area (Å²) in [7, 11) is 0. The van der Waals surface area contributed by atoms with E-state index in [0.717, 1.165) is 33.3 Å². The van der Waals surface area contributed by atoms with Crippen molar-refractivity contribution in [2.75, 3.05) is 0 Å². The fourth-order valence-electron chi connectivity index (χ4n) is 16.8. The molecule has 2 aromatic heterocycles. The minimum Gasteiger partial charge on any atom is -0.308 e. The third kappa shape index (κ3) is 4.48. The van der Waals surface area contributed by atoms with Gasteiger partial charge >= 0.3 is 0 Å². The van der Waals surface area contributed by atoms with Crippen molar-refractivity contribution in [2.45, 2.75) is 62.2 Å². The van der Waals surface area contributed by atoms with Crippen LogP contribution in [0.2, 0.25) is 0 Å². The van der Waals surface area contributed by atoms with Gasteiger partial charge in [0.15, 0.2) is 0 Å². The molecule has 4 bridgehead atoms. The van der Waals surface area contributed by atoms with Crippen molar-refractivity contribution in [1.82, 2.24) is 4.40 Å². The first-order valence-electron chi connectivity index (χ1n) is 26.7. The molecule has 10 aromatic carbocycles. The van der Waals surface area contributed by atoms with E-state index in [4.69, 9.17) is 0 Å². The summed E-state index contributed by atoms with van der Waals surface area (Å²) in [5, 5.41) is 28.0. The highest BCUT2D eigenvalue weighted by Gasteiger charge is 2.49. The molecule has 0 aliphatic heterocycles. The number of nitrogens with zero attached hydrogens (tertiary/aromatic N) is 3. The minimum atomic E-state index is -0.405. The maximum Gasteiger partial charge on any atom is 0.0995 e. The van der Waals surface area contributed by atoms with E-state index in [1.807, 2.05) is 0 Å². The molecule has 75 heavy (non-hydrogen) atoms. The van der Waals surface area contributed by atoms with Crippen molar-refractivity contribution in [3.05, 3.63) is 276 Å². The summed E-state index contributed by atoms with van der Waals surface area (Å²) in [5.41, 5.74) is 32.8. The van der Waals surface area contributed by atoms with Gasteiger partial charge in [-0.25, -0.2) is 0 Å². The van der Waals surface area contributed by atoms with Gasteiger partial charge in [-0.15, -0.1) is 0 Å². The van der Waals surface area contributed by atoms with Gasteiger partial charge in [0.2, 0.25) is 0 Å². The normalized spacial score (nSPS) is 19.4. The summed E-state index contributed by atoms with van der Waals surface area (Å²) < 4.78 is 2.51. The highest BCUT2D eigenvalue weighted by molar-refractivity contribution is 6.29. The molecule has 0 spiro atoms. The van der Waals surface area contributed by atoms with Crippen LogP contribution in [-0.2, 0) is 10.8 Å². The van der Waals surface area contributed by atoms with E-state index in [0.29, 0.717) is 0 Å². The Bertz CT molecular complexity index is 4730. The van der Waals surface area contributed by atoms with Crippen molar-refractivity contribution >= 4 is 38.1 Å². The zero-order chi connectivity index (χ0) is 49.7. The SMILES string of the molecule is CC1(C)c2ccccc2-c2ccc(-c3ccc4c(c3)C(C)(C)c3c-4cc4c5c6c(c(C#N)cc5n5c7cc(C#N)c8c(c7c3c45)C3c4ccccc4C8c4ccccc43)C3c4ccccc4C6c4ccccc43)cc21. The van der Waals surface area contributed by atoms with Crippen LogP contribution in [0.3, 0.4) is 0 Å². The molecule has 0 saturated carbocycles. The fourth-order valence-corrected chi connectivity index (χ4v) is 16.8. The molecule has 0 fully saturated rings. The van der Waals surface area contributed by atoms with E-state index in [1.54, 1.807) is 0 Å². The first kappa shape index (κ1) is 40.5. The quantitative estimate of drug-likeness (QED) is 0.165. The standard InChI is InChI=1S/C72H45N3/c1-71(2)53-24-14-13-15-40(53)41-27-25-36(29-54(41)71)37-26-28-42-51-33-52-64-56(31-38(34-73)58-60-43-16-5-9-20-47(43)62(66(58)64)48-21-10-6-17-44(48)60)75-57-32-39(35-74)59-61-45-18-7-11-22-49(45)63(50-23-12-8-19-46(50)61)67(59)65(57)68(70(52)75)69(51)72(3,4)55(42)30-37/h5-33,60-63H,1-4H3. The van der Waals surface area contributed by atoms with Gasteiger partial charge in [0.1, 0.15) is 0 Å². The van der Waals surface area contributed by atoms with Crippen molar-refractivity contribution < 1.29 is 0 Å². The zero-order valence-corrected chi connectivity index (χ0v) is 41.9. The summed E-state index contributed by atoms with van der Waals surface area (Å²) in [6, 6.07) is 71.8. The maximum atomic E-state index is 11.5. The molecule has 3 heteroatoms. The summed E-state index contributed by atoms with van der Waals surface area (Å²) in [6.07, 6.45) is 0. The number of fused-ring (bicyclic) bond motifs is 13. The van der Waals surface area contributed by atoms with Gasteiger partial charge in [-0.3, -0.25) is 0 Å². The lowest BCUT2D eigenvalue weighted by atomic mass is 9.59. The largest absolute Gasteiger partial charge is 0.308 e. The van der Waals surface area contributed by atoms with E-state index in [9.17, 15) is 10.5 Å². The van der Waals surface area contributed by atoms with E-state index in [-0.39, 0.29) is 29.1 Å². The molecular weight excluding hydrogens is 907 g/mol. The number of hydrogen-bond acceptors (Lipinski definition) is 2. The number of aromatic nitrogens is 1. The van der Waals surface area contributed by atoms with Crippen LogP contribution in [-0.4, -0.2) is 4.40 Å². The van der Waals surface area contributed by atoms with Crippen molar-refractivity contribution in [3.8, 4) is 45.5 Å². The lowest BCUT2D eigenvalue weighted by molar-refractivity contribution is 0.660. The highest BCUT2D eigenvalue weighted by Crippen LogP contribution is 2.65. The maximum absolute atomic E-state index is 11.5. The first-order valence-corrected chi connectivity index (χ1v) is 26.7. The predicted octanol–water partition coefficient (Wildman–Crippen LogP) is 16.8. The van der Waals surface area contributed by atoms with E-state index >= 15 is 0 Å². The van der Waals surface area contributed by atoms with Crippen LogP contribution in [0.1, 0.15) is 152 Å². The Kier molecular flexibility index (Phi) is 7.12. The van der Waals surface area contributed by atoms with E-state index in [1.165, 1.54) is 138 Å². The first-order chi connectivity index (χ1) is 36.7. The molecule has 0 amide bonds. The molecule has 3 nitrogen and oxygen atoms in total. The van der Waals surface area contributed by atoms with Gasteiger partial charge in [-0.1, -0.05) is 173 Å². The zero-order valence-electron chi connectivity index (χ0n) is 41.9. The van der Waals surface area contributed by atoms with Crippen LogP contribution in [0, 0.1) is 22.7 Å². The van der Waals surface area contributed by atoms with Gasteiger partial charge in [0, 0.05) is 56.0 Å². The Morgan fingerprint density at radius 1 is 0.373 bits per heavy atom. The Balaban J connectivity index is 0.985. The van der Waals surface area contributed by atoms with Gasteiger partial charge in [0.05, 0.1) is 39.8 Å². The Labute approximate surface area is 434 Å². The van der Waals surface area contributed by atoms with Gasteiger partial charge in [-0.05, 0) is 153 Å². The highest BCUT2D eigenvalue weighted by atomic mass is 14.9. The van der Waals surface area contributed by atoms with E-state index < -0.39 is 5.41 Å². The second-order valence-electron chi connectivity index (χ2n) is 23.5. The summed E-state index contributed by atoms with van der Waals surface area (Å²) in [5.74, 6) is -0.210. The predicted molar refractivity (Wildman–Crippen MR) is 301 cm³/mol. The second kappa shape index (κ2) is 13.2. The molecular formula is C72H45N3. The average molecular weight is 952 g/mol. The van der Waals surface area contributed by atoms with Crippen molar-refractivity contribution in [3.63, 3.8) is 0 Å². The number of rotatable bonds is 1. The molecule has 0 atom stereocenters. The molecule has 12 aromatic rings. The fraction of sp³-hybridized carbons (Fsp3) is 0.139. The Hall–Kier alpha value is -9.02. The molecule has 8 aliphatic carbocycles. The average Bonchev–Trinajstić information content (AvgIpc) is 4.34. The van der Waals surface area contributed by atoms with Crippen LogP contribution in [0.4, 0.5) is 0 Å². The van der Waals surface area contributed by atoms with Gasteiger partial charge < -0.3 is 4.40 Å². The summed E-state index contributed by atoms with van der Waals surface area (Å²) in [6.45, 7) is 9.64. The molecule has 20 rings (SSSR count). The van der Waals surface area contributed by atoms with Crippen LogP contribution in [0.5, 0.6) is 0 Å². The topological polar surface area (TPSA) is 52.0 Å². The van der Waals surface area contributed by atoms with Gasteiger partial charge in [-0.2, -0.15) is 10.5 Å². The van der Waals surface area contributed by atoms with E-state index in [2.05, 4.69) is 220 Å². The molecule has 0 N–H and O–H groups in total. The molecule has 348 valence electrons. The number of hydrogen-bond donors (Lipinski definition) is 0. The molecule has 0 radical (unpaired) electrons. The Morgan fingerprint density at radius 2 is 0.773 bits per heavy atom. The third-order valence-corrected chi connectivity index (χ3v) is 19.7. The lowest BCUT2D eigenvalue weighted by Crippen LogP contribution is -2.29. The van der Waals surface area contributed by atoms with Crippen molar-refractivity contribution in [1.29, 1.82) is 10.5 Å². The second-order valence-corrected chi connectivity index (χ2v) is 23.5. The monoisotopic (exact) mass is 951 g/mol. The van der Waals surface area contributed by atoms with Crippen LogP contribution in [0.15, 0.2) is 176 Å². The molecule has 0 saturated heterocycles. The Morgan fingerprint density at radius 3 is 1.27 bits per heavy atom. The third-order valence-electron chi connectivity index (χ3n) is 19.7. The smallest absolute Gasteiger partial charge is 0.0995 e. The summed E-state index contributed by atoms with van der Waals surface area (Å²) in [4.78, 5) is 0. The van der Waals surface area contributed by atoms with Crippen molar-refractivity contribution in [2.24, 2.45) is 0 Å². The minimum absolute atomic E-state index is 0.0406. The van der Waals surface area contributed by atoms with Gasteiger partial charge in [0.25, 0.3) is 0 Å². The molecule has 8 aliphatic rings. The summed E-state index contributed by atoms with van der Waals surface area (Å²) >= 11 is 0. The van der Waals surface area contributed by atoms with Crippen LogP contribution < -0.4 is 0 Å². The van der Waals surface area contributed by atoms with Crippen LogP contribution >= 0.6 is 0 Å². The lowest BCUT2D eigenvalue weighted by Gasteiger charge is -2.43.